The summed E-state index contributed by atoms with van der Waals surface area (Å²) in [6.45, 7) is 0. The van der Waals surface area contributed by atoms with Gasteiger partial charge in [0.15, 0.2) is 0 Å². The summed E-state index contributed by atoms with van der Waals surface area (Å²) in [4.78, 5) is 12.2. The average molecular weight is 311 g/mol. The Morgan fingerprint density at radius 3 is 2.55 bits per heavy atom. The van der Waals surface area contributed by atoms with Gasteiger partial charge in [0.05, 0.1) is 22.7 Å². The summed E-state index contributed by atoms with van der Waals surface area (Å²) in [7, 11) is 1.52. The summed E-state index contributed by atoms with van der Waals surface area (Å²) >= 11 is 11.7. The monoisotopic (exact) mass is 310 g/mol. The van der Waals surface area contributed by atoms with Gasteiger partial charge in [-0.3, -0.25) is 4.79 Å². The number of nitrogens with two attached hydrogens (primary N) is 1. The van der Waals surface area contributed by atoms with Crippen LogP contribution in [0.2, 0.25) is 10.0 Å². The van der Waals surface area contributed by atoms with Gasteiger partial charge in [0, 0.05) is 11.4 Å². The Morgan fingerprint density at radius 2 is 1.90 bits per heavy atom. The molecule has 3 N–H and O–H groups in total. The maximum absolute atomic E-state index is 12.2. The summed E-state index contributed by atoms with van der Waals surface area (Å²) in [5, 5.41) is 3.49. The van der Waals surface area contributed by atoms with Crippen LogP contribution >= 0.6 is 23.2 Å². The van der Waals surface area contributed by atoms with Crippen LogP contribution in [-0.4, -0.2) is 13.0 Å². The van der Waals surface area contributed by atoms with Crippen LogP contribution in [0.3, 0.4) is 0 Å². The molecular formula is C14H12Cl2N2O2. The van der Waals surface area contributed by atoms with Crippen molar-refractivity contribution < 1.29 is 9.53 Å². The lowest BCUT2D eigenvalue weighted by Crippen LogP contribution is -2.14. The number of halogens is 2. The molecule has 0 aliphatic heterocycles. The normalized spacial score (nSPS) is 10.2. The Hall–Kier alpha value is -1.91. The van der Waals surface area contributed by atoms with Crippen molar-refractivity contribution in [2.75, 3.05) is 18.2 Å². The number of anilines is 2. The minimum Gasteiger partial charge on any atom is -0.497 e. The van der Waals surface area contributed by atoms with Gasteiger partial charge in [-0.25, -0.2) is 0 Å². The first kappa shape index (κ1) is 14.5. The summed E-state index contributed by atoms with van der Waals surface area (Å²) in [6.07, 6.45) is 0. The van der Waals surface area contributed by atoms with Gasteiger partial charge in [-0.2, -0.15) is 0 Å². The van der Waals surface area contributed by atoms with E-state index < -0.39 is 0 Å². The molecule has 0 unspecified atom stereocenters. The maximum atomic E-state index is 12.2. The molecule has 104 valence electrons. The van der Waals surface area contributed by atoms with E-state index in [2.05, 4.69) is 5.32 Å². The second-order valence-electron chi connectivity index (χ2n) is 4.04. The molecule has 0 aromatic heterocycles. The number of carbonyl (C=O) groups is 1. The Morgan fingerprint density at radius 1 is 1.15 bits per heavy atom. The summed E-state index contributed by atoms with van der Waals surface area (Å²) in [5.74, 6) is 0.207. The van der Waals surface area contributed by atoms with Crippen LogP contribution in [0.4, 0.5) is 11.4 Å². The quantitative estimate of drug-likeness (QED) is 0.847. The number of amides is 1. The van der Waals surface area contributed by atoms with E-state index in [-0.39, 0.29) is 5.91 Å². The molecule has 0 atom stereocenters. The molecule has 1 amide bonds. The zero-order chi connectivity index (χ0) is 14.7. The van der Waals surface area contributed by atoms with Gasteiger partial charge in [0.2, 0.25) is 0 Å². The van der Waals surface area contributed by atoms with E-state index in [4.69, 9.17) is 33.7 Å². The molecule has 20 heavy (non-hydrogen) atoms. The zero-order valence-corrected chi connectivity index (χ0v) is 12.1. The molecule has 4 nitrogen and oxygen atoms in total. The molecule has 0 fully saturated rings. The molecule has 0 aliphatic carbocycles. The molecule has 0 heterocycles. The molecule has 0 radical (unpaired) electrons. The average Bonchev–Trinajstić information content (AvgIpc) is 2.43. The third-order valence-corrected chi connectivity index (χ3v) is 3.42. The molecule has 2 aromatic carbocycles. The fourth-order valence-corrected chi connectivity index (χ4v) is 1.93. The highest BCUT2D eigenvalue weighted by molar-refractivity contribution is 6.42. The van der Waals surface area contributed by atoms with Gasteiger partial charge >= 0.3 is 0 Å². The number of nitrogens with one attached hydrogen (secondary N) is 1. The Labute approximate surface area is 126 Å². The van der Waals surface area contributed by atoms with Gasteiger partial charge in [-0.15, -0.1) is 0 Å². The van der Waals surface area contributed by atoms with Crippen molar-refractivity contribution in [2.24, 2.45) is 0 Å². The van der Waals surface area contributed by atoms with E-state index in [0.717, 1.165) is 0 Å². The van der Waals surface area contributed by atoms with E-state index in [1.807, 2.05) is 0 Å². The van der Waals surface area contributed by atoms with E-state index >= 15 is 0 Å². The van der Waals surface area contributed by atoms with Crippen LogP contribution in [0.5, 0.6) is 5.75 Å². The second-order valence-corrected chi connectivity index (χ2v) is 4.85. The van der Waals surface area contributed by atoms with Crippen molar-refractivity contribution in [1.29, 1.82) is 0 Å². The van der Waals surface area contributed by atoms with Crippen molar-refractivity contribution in [3.05, 3.63) is 52.0 Å². The lowest BCUT2D eigenvalue weighted by Gasteiger charge is -2.09. The Kier molecular flexibility index (Phi) is 4.37. The van der Waals surface area contributed by atoms with Crippen molar-refractivity contribution >= 4 is 40.5 Å². The summed E-state index contributed by atoms with van der Waals surface area (Å²) in [6, 6.07) is 9.70. The minimum atomic E-state index is -0.347. The van der Waals surface area contributed by atoms with E-state index in [0.29, 0.717) is 32.7 Å². The Bertz CT molecular complexity index is 660. The third-order valence-electron chi connectivity index (χ3n) is 2.68. The van der Waals surface area contributed by atoms with Gasteiger partial charge < -0.3 is 15.8 Å². The Balaban J connectivity index is 2.25. The predicted molar refractivity (Wildman–Crippen MR) is 81.8 cm³/mol. The SMILES string of the molecule is COc1ccc(N)c(C(=O)Nc2ccc(Cl)c(Cl)c2)c1. The highest BCUT2D eigenvalue weighted by Gasteiger charge is 2.12. The fraction of sp³-hybridized carbons (Fsp3) is 0.0714. The zero-order valence-electron chi connectivity index (χ0n) is 10.6. The van der Waals surface area contributed by atoms with E-state index in [1.54, 1.807) is 36.4 Å². The minimum absolute atomic E-state index is 0.329. The van der Waals surface area contributed by atoms with Gasteiger partial charge in [-0.1, -0.05) is 23.2 Å². The predicted octanol–water partition coefficient (Wildman–Crippen LogP) is 3.84. The largest absolute Gasteiger partial charge is 0.497 e. The standard InChI is InChI=1S/C14H12Cl2N2O2/c1-20-9-3-5-13(17)10(7-9)14(19)18-8-2-4-11(15)12(16)6-8/h2-7H,17H2,1H3,(H,18,19). The van der Waals surface area contributed by atoms with Crippen molar-refractivity contribution in [3.8, 4) is 5.75 Å². The fourth-order valence-electron chi connectivity index (χ4n) is 1.63. The summed E-state index contributed by atoms with van der Waals surface area (Å²) < 4.78 is 5.07. The molecule has 6 heteroatoms. The summed E-state index contributed by atoms with van der Waals surface area (Å²) in [5.41, 5.74) is 7.02. The number of benzene rings is 2. The van der Waals surface area contributed by atoms with Gasteiger partial charge in [0.1, 0.15) is 5.75 Å². The highest BCUT2D eigenvalue weighted by atomic mass is 35.5. The maximum Gasteiger partial charge on any atom is 0.257 e. The van der Waals surface area contributed by atoms with Crippen molar-refractivity contribution in [2.45, 2.75) is 0 Å². The molecule has 2 rings (SSSR count). The number of hydrogen-bond acceptors (Lipinski definition) is 3. The molecule has 0 aliphatic rings. The second kappa shape index (κ2) is 6.03. The number of methoxy groups -OCH3 is 1. The molecular weight excluding hydrogens is 299 g/mol. The van der Waals surface area contributed by atoms with Crippen LogP contribution in [0.25, 0.3) is 0 Å². The number of rotatable bonds is 3. The first-order chi connectivity index (χ1) is 9.51. The van der Waals surface area contributed by atoms with Crippen molar-refractivity contribution in [3.63, 3.8) is 0 Å². The van der Waals surface area contributed by atoms with E-state index in [9.17, 15) is 4.79 Å². The lowest BCUT2D eigenvalue weighted by molar-refractivity contribution is 0.102. The first-order valence-corrected chi connectivity index (χ1v) is 6.47. The number of ether oxygens (including phenoxy) is 1. The van der Waals surface area contributed by atoms with Crippen LogP contribution in [0.1, 0.15) is 10.4 Å². The molecule has 0 bridgehead atoms. The van der Waals surface area contributed by atoms with Gasteiger partial charge in [0.25, 0.3) is 5.91 Å². The van der Waals surface area contributed by atoms with Crippen LogP contribution in [0.15, 0.2) is 36.4 Å². The van der Waals surface area contributed by atoms with Crippen LogP contribution in [0, 0.1) is 0 Å². The lowest BCUT2D eigenvalue weighted by atomic mass is 10.1. The van der Waals surface area contributed by atoms with Crippen molar-refractivity contribution in [1.82, 2.24) is 0 Å². The molecule has 2 aromatic rings. The van der Waals surface area contributed by atoms with Crippen LogP contribution < -0.4 is 15.8 Å². The first-order valence-electron chi connectivity index (χ1n) is 5.71. The smallest absolute Gasteiger partial charge is 0.257 e. The topological polar surface area (TPSA) is 64.3 Å². The molecule has 0 saturated carbocycles. The van der Waals surface area contributed by atoms with Gasteiger partial charge in [-0.05, 0) is 36.4 Å². The highest BCUT2D eigenvalue weighted by Crippen LogP contribution is 2.26. The molecule has 0 spiro atoms. The number of hydrogen-bond donors (Lipinski definition) is 2. The van der Waals surface area contributed by atoms with E-state index in [1.165, 1.54) is 7.11 Å². The van der Waals surface area contributed by atoms with Crippen LogP contribution in [-0.2, 0) is 0 Å². The number of nitrogen functional groups attached to an aromatic ring is 1. The third kappa shape index (κ3) is 3.15. The molecule has 0 saturated heterocycles. The number of carbonyl (C=O) groups excluding carboxylic acids is 1.